The third-order valence-corrected chi connectivity index (χ3v) is 5.86. The molecule has 8 nitrogen and oxygen atoms in total. The van der Waals surface area contributed by atoms with Crippen molar-refractivity contribution in [3.63, 3.8) is 0 Å². The number of carboxylic acid groups (broad SMARTS) is 1. The largest absolute Gasteiger partial charge is 0.477 e. The van der Waals surface area contributed by atoms with E-state index in [0.717, 1.165) is 10.5 Å². The first-order valence-electron chi connectivity index (χ1n) is 8.24. The maximum absolute atomic E-state index is 12.8. The molecule has 27 heavy (non-hydrogen) atoms. The third-order valence-electron chi connectivity index (χ3n) is 4.49. The highest BCUT2D eigenvalue weighted by molar-refractivity contribution is 8.00. The van der Waals surface area contributed by atoms with E-state index in [1.165, 1.54) is 26.0 Å². The predicted octanol–water partition coefficient (Wildman–Crippen LogP) is 0.588. The lowest BCUT2D eigenvalue weighted by Gasteiger charge is -2.55. The summed E-state index contributed by atoms with van der Waals surface area (Å²) in [4.78, 5) is 38.2. The average molecular weight is 392 g/mol. The van der Waals surface area contributed by atoms with Gasteiger partial charge >= 0.3 is 5.97 Å². The Balaban J connectivity index is 1.81. The molecule has 1 saturated heterocycles. The van der Waals surface area contributed by atoms with Crippen molar-refractivity contribution >= 4 is 29.5 Å². The number of rotatable bonds is 7. The SMILES string of the molecule is COCC1=C(C(=O)O)N2C(=O)C(NC(=O)Cc3ccccc3)(OC)[C@H]2SC1. The average Bonchev–Trinajstić information content (AvgIpc) is 2.66. The maximum atomic E-state index is 12.8. The minimum Gasteiger partial charge on any atom is -0.477 e. The molecule has 1 unspecified atom stereocenters. The van der Waals surface area contributed by atoms with E-state index in [9.17, 15) is 19.5 Å². The number of β-lactam (4-membered cyclic amide) rings is 1. The smallest absolute Gasteiger partial charge is 0.352 e. The fourth-order valence-electron chi connectivity index (χ4n) is 3.26. The van der Waals surface area contributed by atoms with Gasteiger partial charge in [-0.05, 0) is 11.1 Å². The van der Waals surface area contributed by atoms with E-state index >= 15 is 0 Å². The van der Waals surface area contributed by atoms with E-state index in [1.54, 1.807) is 0 Å². The van der Waals surface area contributed by atoms with Gasteiger partial charge in [0.2, 0.25) is 5.91 Å². The molecule has 0 spiro atoms. The minimum atomic E-state index is -1.57. The van der Waals surface area contributed by atoms with Gasteiger partial charge in [0, 0.05) is 20.0 Å². The number of benzene rings is 1. The lowest BCUT2D eigenvalue weighted by molar-refractivity contribution is -0.192. The Morgan fingerprint density at radius 3 is 2.63 bits per heavy atom. The highest BCUT2D eigenvalue weighted by Gasteiger charge is 2.66. The molecule has 9 heteroatoms. The van der Waals surface area contributed by atoms with Gasteiger partial charge in [-0.25, -0.2) is 4.79 Å². The van der Waals surface area contributed by atoms with Gasteiger partial charge in [-0.15, -0.1) is 11.8 Å². The lowest BCUT2D eigenvalue weighted by Crippen LogP contribution is -2.80. The van der Waals surface area contributed by atoms with E-state index in [1.807, 2.05) is 30.3 Å². The second-order valence-corrected chi connectivity index (χ2v) is 7.25. The Labute approximate surface area is 160 Å². The van der Waals surface area contributed by atoms with Gasteiger partial charge in [0.25, 0.3) is 11.6 Å². The van der Waals surface area contributed by atoms with Crippen LogP contribution in [-0.2, 0) is 30.3 Å². The summed E-state index contributed by atoms with van der Waals surface area (Å²) in [6.07, 6.45) is 0.0904. The summed E-state index contributed by atoms with van der Waals surface area (Å²) in [6.45, 7) is 0.117. The van der Waals surface area contributed by atoms with E-state index in [-0.39, 0.29) is 24.6 Å². The molecule has 1 aromatic carbocycles. The fourth-order valence-corrected chi connectivity index (χ4v) is 4.68. The Morgan fingerprint density at radius 1 is 1.33 bits per heavy atom. The van der Waals surface area contributed by atoms with Gasteiger partial charge in [0.05, 0.1) is 13.0 Å². The van der Waals surface area contributed by atoms with Gasteiger partial charge in [0.15, 0.2) is 0 Å². The first kappa shape index (κ1) is 19.4. The number of aliphatic carboxylic acids is 1. The fraction of sp³-hybridized carbons (Fsp3) is 0.389. The third kappa shape index (κ3) is 3.33. The highest BCUT2D eigenvalue weighted by atomic mass is 32.2. The number of carboxylic acids is 1. The van der Waals surface area contributed by atoms with E-state index in [2.05, 4.69) is 5.32 Å². The number of thioether (sulfide) groups is 1. The van der Waals surface area contributed by atoms with Crippen LogP contribution in [-0.4, -0.2) is 65.5 Å². The summed E-state index contributed by atoms with van der Waals surface area (Å²) in [5, 5.41) is 11.6. The molecule has 1 fully saturated rings. The molecule has 0 bridgehead atoms. The summed E-state index contributed by atoms with van der Waals surface area (Å²) in [7, 11) is 2.79. The van der Waals surface area contributed by atoms with Crippen molar-refractivity contribution in [1.82, 2.24) is 10.2 Å². The second-order valence-electron chi connectivity index (χ2n) is 6.18. The maximum Gasteiger partial charge on any atom is 0.352 e. The number of methoxy groups -OCH3 is 2. The second kappa shape index (κ2) is 7.71. The number of ether oxygens (including phenoxy) is 2. The molecule has 0 aromatic heterocycles. The van der Waals surface area contributed by atoms with Crippen molar-refractivity contribution in [3.8, 4) is 0 Å². The molecule has 0 radical (unpaired) electrons. The predicted molar refractivity (Wildman–Crippen MR) is 97.7 cm³/mol. The molecular formula is C18H20N2O6S. The summed E-state index contributed by atoms with van der Waals surface area (Å²) < 4.78 is 10.4. The van der Waals surface area contributed by atoms with Crippen LogP contribution in [0.15, 0.2) is 41.6 Å². The van der Waals surface area contributed by atoms with Crippen LogP contribution in [0.25, 0.3) is 0 Å². The molecule has 2 aliphatic rings. The van der Waals surface area contributed by atoms with Crippen molar-refractivity contribution in [2.75, 3.05) is 26.6 Å². The van der Waals surface area contributed by atoms with Crippen LogP contribution in [0.2, 0.25) is 0 Å². The van der Waals surface area contributed by atoms with Gasteiger partial charge in [0.1, 0.15) is 11.1 Å². The van der Waals surface area contributed by atoms with Crippen LogP contribution in [0.3, 0.4) is 0 Å². The summed E-state index contributed by atoms with van der Waals surface area (Å²) in [6, 6.07) is 9.12. The Bertz CT molecular complexity index is 796. The molecule has 144 valence electrons. The molecule has 2 atom stereocenters. The van der Waals surface area contributed by atoms with Crippen molar-refractivity contribution in [1.29, 1.82) is 0 Å². The zero-order chi connectivity index (χ0) is 19.6. The molecule has 0 aliphatic carbocycles. The summed E-state index contributed by atoms with van der Waals surface area (Å²) in [5.74, 6) is -1.82. The van der Waals surface area contributed by atoms with Crippen molar-refractivity contribution < 1.29 is 29.0 Å². The number of amides is 2. The first-order valence-corrected chi connectivity index (χ1v) is 9.29. The highest BCUT2D eigenvalue weighted by Crippen LogP contribution is 2.46. The number of fused-ring (bicyclic) bond motifs is 1. The van der Waals surface area contributed by atoms with Gasteiger partial charge in [-0.3, -0.25) is 14.5 Å². The number of hydrogen-bond donors (Lipinski definition) is 2. The van der Waals surface area contributed by atoms with Crippen molar-refractivity contribution in [2.24, 2.45) is 0 Å². The Hall–Kier alpha value is -2.36. The van der Waals surface area contributed by atoms with E-state index < -0.39 is 23.0 Å². The van der Waals surface area contributed by atoms with E-state index in [0.29, 0.717) is 11.3 Å². The molecule has 2 heterocycles. The van der Waals surface area contributed by atoms with Crippen LogP contribution in [0.1, 0.15) is 5.56 Å². The first-order chi connectivity index (χ1) is 12.9. The number of nitrogens with one attached hydrogen (secondary N) is 1. The standard InChI is InChI=1S/C18H20N2O6S/c1-25-9-12-10-27-17-18(26-2,16(24)20(17)14(12)15(22)23)19-13(21)8-11-6-4-3-5-7-11/h3-7,17H,8-10H2,1-2H3,(H,19,21)(H,22,23)/t17-,18?/m1/s1. The lowest BCUT2D eigenvalue weighted by atomic mass is 9.97. The molecule has 3 rings (SSSR count). The topological polar surface area (TPSA) is 105 Å². The number of carbonyl (C=O) groups excluding carboxylic acids is 2. The van der Waals surface area contributed by atoms with E-state index in [4.69, 9.17) is 9.47 Å². The Morgan fingerprint density at radius 2 is 2.04 bits per heavy atom. The molecular weight excluding hydrogens is 372 g/mol. The van der Waals surface area contributed by atoms with Gasteiger partial charge in [-0.2, -0.15) is 0 Å². The molecule has 2 N–H and O–H groups in total. The van der Waals surface area contributed by atoms with Crippen LogP contribution >= 0.6 is 11.8 Å². The van der Waals surface area contributed by atoms with Crippen molar-refractivity contribution in [2.45, 2.75) is 17.5 Å². The van der Waals surface area contributed by atoms with Crippen molar-refractivity contribution in [3.05, 3.63) is 47.2 Å². The molecule has 0 saturated carbocycles. The number of nitrogens with zero attached hydrogens (tertiary/aromatic N) is 1. The summed E-state index contributed by atoms with van der Waals surface area (Å²) >= 11 is 1.33. The zero-order valence-electron chi connectivity index (χ0n) is 14.9. The van der Waals surface area contributed by atoms with Gasteiger partial charge in [-0.1, -0.05) is 30.3 Å². The zero-order valence-corrected chi connectivity index (χ0v) is 15.7. The summed E-state index contributed by atoms with van der Waals surface area (Å²) in [5.41, 5.74) is -0.360. The Kier molecular flexibility index (Phi) is 5.54. The van der Waals surface area contributed by atoms with Gasteiger partial charge < -0.3 is 19.9 Å². The van der Waals surface area contributed by atoms with Crippen LogP contribution < -0.4 is 5.32 Å². The van der Waals surface area contributed by atoms with Crippen LogP contribution in [0.5, 0.6) is 0 Å². The molecule has 2 amide bonds. The molecule has 1 aromatic rings. The monoisotopic (exact) mass is 392 g/mol. The number of carbonyl (C=O) groups is 3. The normalized spacial score (nSPS) is 24.3. The minimum absolute atomic E-state index is 0.0904. The number of hydrogen-bond acceptors (Lipinski definition) is 6. The molecule has 2 aliphatic heterocycles. The quantitative estimate of drug-likeness (QED) is 0.517. The van der Waals surface area contributed by atoms with Crippen LogP contribution in [0.4, 0.5) is 0 Å². The van der Waals surface area contributed by atoms with Crippen LogP contribution in [0, 0.1) is 0 Å².